The molecule has 0 aliphatic rings. The van der Waals surface area contributed by atoms with E-state index in [-0.39, 0.29) is 5.69 Å². The molecule has 0 fully saturated rings. The van der Waals surface area contributed by atoms with Crippen molar-refractivity contribution in [1.29, 1.82) is 0 Å². The Balaban J connectivity index is 2.09. The van der Waals surface area contributed by atoms with E-state index in [1.807, 2.05) is 28.8 Å². The summed E-state index contributed by atoms with van der Waals surface area (Å²) in [5.41, 5.74) is 1.27. The van der Waals surface area contributed by atoms with E-state index in [9.17, 15) is 4.79 Å². The third-order valence-electron chi connectivity index (χ3n) is 3.09. The Labute approximate surface area is 130 Å². The molecule has 22 heavy (non-hydrogen) atoms. The topological polar surface area (TPSA) is 69.4 Å². The monoisotopic (exact) mass is 314 g/mol. The number of methoxy groups -OCH3 is 1. The quantitative estimate of drug-likeness (QED) is 0.737. The molecule has 0 radical (unpaired) electrons. The molecule has 0 saturated heterocycles. The molecular formula is C15H14N4O2S. The smallest absolute Gasteiger partial charge is 0.299 e. The summed E-state index contributed by atoms with van der Waals surface area (Å²) in [5, 5.41) is 0. The molecule has 0 aliphatic carbocycles. The zero-order valence-corrected chi connectivity index (χ0v) is 12.8. The van der Waals surface area contributed by atoms with Crippen LogP contribution in [0.3, 0.4) is 0 Å². The van der Waals surface area contributed by atoms with Crippen LogP contribution in [0.15, 0.2) is 47.8 Å². The van der Waals surface area contributed by atoms with Gasteiger partial charge in [-0.1, -0.05) is 23.5 Å². The Bertz CT molecular complexity index is 855. The zero-order chi connectivity index (χ0) is 15.4. The lowest BCUT2D eigenvalue weighted by Crippen LogP contribution is -2.19. The first kappa shape index (κ1) is 14.6. The van der Waals surface area contributed by atoms with Crippen molar-refractivity contribution in [3.05, 3.63) is 53.4 Å². The van der Waals surface area contributed by atoms with Crippen molar-refractivity contribution in [2.24, 2.45) is 4.99 Å². The standard InChI is InChI=1S/C15H14N4O2S/c1-21-9-8-19-12-4-2-3-5-13(12)22-15(19)18-14(20)11-10-16-6-7-17-11/h2-7,10H,8-9H2,1H3. The molecule has 0 bridgehead atoms. The molecule has 0 aliphatic heterocycles. The molecule has 0 saturated carbocycles. The lowest BCUT2D eigenvalue weighted by Gasteiger charge is -2.03. The molecule has 1 amide bonds. The first-order chi connectivity index (χ1) is 10.8. The van der Waals surface area contributed by atoms with Crippen molar-refractivity contribution >= 4 is 27.5 Å². The summed E-state index contributed by atoms with van der Waals surface area (Å²) < 4.78 is 8.20. The van der Waals surface area contributed by atoms with Crippen LogP contribution in [0.1, 0.15) is 10.5 Å². The van der Waals surface area contributed by atoms with E-state index in [1.165, 1.54) is 29.9 Å². The molecule has 0 N–H and O–H groups in total. The molecular weight excluding hydrogens is 300 g/mol. The molecule has 3 rings (SSSR count). The van der Waals surface area contributed by atoms with Crippen LogP contribution in [0.25, 0.3) is 10.2 Å². The van der Waals surface area contributed by atoms with E-state index in [4.69, 9.17) is 4.74 Å². The Morgan fingerprint density at radius 3 is 3.00 bits per heavy atom. The highest BCUT2D eigenvalue weighted by molar-refractivity contribution is 7.16. The number of carbonyl (C=O) groups is 1. The van der Waals surface area contributed by atoms with Crippen molar-refractivity contribution in [2.45, 2.75) is 6.54 Å². The van der Waals surface area contributed by atoms with E-state index >= 15 is 0 Å². The van der Waals surface area contributed by atoms with Crippen LogP contribution < -0.4 is 4.80 Å². The minimum atomic E-state index is -0.397. The number of carbonyl (C=O) groups excluding carboxylic acids is 1. The first-order valence-corrected chi connectivity index (χ1v) is 7.53. The van der Waals surface area contributed by atoms with Crippen LogP contribution in [0.2, 0.25) is 0 Å². The van der Waals surface area contributed by atoms with Gasteiger partial charge in [-0.15, -0.1) is 0 Å². The van der Waals surface area contributed by atoms with Gasteiger partial charge in [0, 0.05) is 26.0 Å². The number of para-hydroxylation sites is 1. The fourth-order valence-corrected chi connectivity index (χ4v) is 3.11. The van der Waals surface area contributed by atoms with Gasteiger partial charge in [0.2, 0.25) is 0 Å². The molecule has 7 heteroatoms. The highest BCUT2D eigenvalue weighted by atomic mass is 32.1. The van der Waals surface area contributed by atoms with Gasteiger partial charge in [0.25, 0.3) is 5.91 Å². The Morgan fingerprint density at radius 2 is 2.23 bits per heavy atom. The second kappa shape index (κ2) is 6.59. The number of rotatable bonds is 4. The second-order valence-corrected chi connectivity index (χ2v) is 5.51. The van der Waals surface area contributed by atoms with Gasteiger partial charge >= 0.3 is 0 Å². The number of benzene rings is 1. The summed E-state index contributed by atoms with van der Waals surface area (Å²) in [6.45, 7) is 1.18. The maximum atomic E-state index is 12.2. The van der Waals surface area contributed by atoms with Crippen LogP contribution in [0.4, 0.5) is 0 Å². The molecule has 2 heterocycles. The largest absolute Gasteiger partial charge is 0.383 e. The van der Waals surface area contributed by atoms with Crippen molar-refractivity contribution in [2.75, 3.05) is 13.7 Å². The highest BCUT2D eigenvalue weighted by Gasteiger charge is 2.09. The fourth-order valence-electron chi connectivity index (χ4n) is 2.06. The zero-order valence-electron chi connectivity index (χ0n) is 12.0. The number of amides is 1. The molecule has 6 nitrogen and oxygen atoms in total. The average molecular weight is 314 g/mol. The molecule has 112 valence electrons. The van der Waals surface area contributed by atoms with Gasteiger partial charge in [0.1, 0.15) is 5.69 Å². The van der Waals surface area contributed by atoms with Crippen molar-refractivity contribution in [3.63, 3.8) is 0 Å². The number of hydrogen-bond donors (Lipinski definition) is 0. The minimum absolute atomic E-state index is 0.234. The van der Waals surface area contributed by atoms with Gasteiger partial charge < -0.3 is 9.30 Å². The Hall–Kier alpha value is -2.38. The number of fused-ring (bicyclic) bond motifs is 1. The lowest BCUT2D eigenvalue weighted by molar-refractivity contribution is 0.0992. The summed E-state index contributed by atoms with van der Waals surface area (Å²) in [6.07, 6.45) is 4.42. The summed E-state index contributed by atoms with van der Waals surface area (Å²) >= 11 is 1.47. The third kappa shape index (κ3) is 2.95. The number of hydrogen-bond acceptors (Lipinski definition) is 5. The van der Waals surface area contributed by atoms with Gasteiger partial charge in [-0.2, -0.15) is 4.99 Å². The van der Waals surface area contributed by atoms with Crippen LogP contribution in [-0.2, 0) is 11.3 Å². The van der Waals surface area contributed by atoms with Crippen LogP contribution in [0, 0.1) is 0 Å². The fraction of sp³-hybridized carbons (Fsp3) is 0.200. The van der Waals surface area contributed by atoms with E-state index in [2.05, 4.69) is 15.0 Å². The van der Waals surface area contributed by atoms with Crippen LogP contribution >= 0.6 is 11.3 Å². The van der Waals surface area contributed by atoms with Gasteiger partial charge in [0.05, 0.1) is 23.0 Å². The molecule has 2 aromatic heterocycles. The number of thiazole rings is 1. The van der Waals surface area contributed by atoms with E-state index in [0.717, 1.165) is 10.2 Å². The van der Waals surface area contributed by atoms with Crippen molar-refractivity contribution in [3.8, 4) is 0 Å². The second-order valence-electron chi connectivity index (χ2n) is 4.50. The van der Waals surface area contributed by atoms with Gasteiger partial charge in [-0.25, -0.2) is 4.98 Å². The molecule has 0 atom stereocenters. The number of nitrogens with zero attached hydrogens (tertiary/aromatic N) is 4. The third-order valence-corrected chi connectivity index (χ3v) is 4.15. The van der Waals surface area contributed by atoms with Gasteiger partial charge in [-0.05, 0) is 12.1 Å². The lowest BCUT2D eigenvalue weighted by atomic mass is 10.3. The maximum Gasteiger partial charge on any atom is 0.299 e. The normalized spacial score (nSPS) is 12.0. The van der Waals surface area contributed by atoms with E-state index < -0.39 is 5.91 Å². The highest BCUT2D eigenvalue weighted by Crippen LogP contribution is 2.16. The van der Waals surface area contributed by atoms with Crippen LogP contribution in [-0.4, -0.2) is 34.2 Å². The first-order valence-electron chi connectivity index (χ1n) is 6.72. The summed E-state index contributed by atoms with van der Waals surface area (Å²) in [6, 6.07) is 7.95. The maximum absolute atomic E-state index is 12.2. The summed E-state index contributed by atoms with van der Waals surface area (Å²) in [7, 11) is 1.65. The van der Waals surface area contributed by atoms with E-state index in [1.54, 1.807) is 7.11 Å². The predicted molar refractivity (Wildman–Crippen MR) is 83.6 cm³/mol. The number of ether oxygens (including phenoxy) is 1. The summed E-state index contributed by atoms with van der Waals surface area (Å²) in [4.78, 5) is 24.9. The van der Waals surface area contributed by atoms with Gasteiger partial charge in [-0.3, -0.25) is 9.78 Å². The predicted octanol–water partition coefficient (Wildman–Crippen LogP) is 1.88. The SMILES string of the molecule is COCCn1c(=NC(=O)c2cnccn2)sc2ccccc21. The van der Waals surface area contributed by atoms with Crippen molar-refractivity contribution < 1.29 is 9.53 Å². The van der Waals surface area contributed by atoms with E-state index in [0.29, 0.717) is 18.0 Å². The van der Waals surface area contributed by atoms with Gasteiger partial charge in [0.15, 0.2) is 4.80 Å². The molecule has 0 unspecified atom stereocenters. The van der Waals surface area contributed by atoms with Crippen molar-refractivity contribution in [1.82, 2.24) is 14.5 Å². The minimum Gasteiger partial charge on any atom is -0.383 e. The summed E-state index contributed by atoms with van der Waals surface area (Å²) in [5.74, 6) is -0.397. The Kier molecular flexibility index (Phi) is 4.36. The Morgan fingerprint density at radius 1 is 1.36 bits per heavy atom. The molecule has 0 spiro atoms. The van der Waals surface area contributed by atoms with Crippen LogP contribution in [0.5, 0.6) is 0 Å². The molecule has 3 aromatic rings. The molecule has 1 aromatic carbocycles. The average Bonchev–Trinajstić information content (AvgIpc) is 2.91. The number of aromatic nitrogens is 3.